The molecule has 0 fully saturated rings. The number of aliphatic carboxylic acids is 1. The molecule has 0 saturated carbocycles. The van der Waals surface area contributed by atoms with Gasteiger partial charge in [0.05, 0.1) is 12.5 Å². The van der Waals surface area contributed by atoms with E-state index in [0.717, 1.165) is 0 Å². The topological polar surface area (TPSA) is 78.4 Å². The summed E-state index contributed by atoms with van der Waals surface area (Å²) in [6, 6.07) is -0.593. The van der Waals surface area contributed by atoms with Gasteiger partial charge in [-0.3, -0.25) is 9.59 Å². The van der Waals surface area contributed by atoms with E-state index in [9.17, 15) is 9.59 Å². The molecule has 1 amide bonds. The number of hydrogen-bond donors (Lipinski definition) is 3. The van der Waals surface area contributed by atoms with Crippen LogP contribution < -0.4 is 10.6 Å². The van der Waals surface area contributed by atoms with Crippen molar-refractivity contribution in [3.63, 3.8) is 0 Å². The second-order valence-electron chi connectivity index (χ2n) is 5.44. The highest BCUT2D eigenvalue weighted by Gasteiger charge is 2.22. The molecule has 18 heavy (non-hydrogen) atoms. The van der Waals surface area contributed by atoms with E-state index in [1.807, 2.05) is 13.8 Å². The van der Waals surface area contributed by atoms with Crippen LogP contribution in [0.25, 0.3) is 0 Å². The number of carboxylic acids is 1. The monoisotopic (exact) mass is 258 g/mol. The highest BCUT2D eigenvalue weighted by molar-refractivity contribution is 5.86. The molecule has 0 aliphatic rings. The van der Waals surface area contributed by atoms with E-state index in [4.69, 9.17) is 5.11 Å². The highest BCUT2D eigenvalue weighted by Crippen LogP contribution is 2.07. The Morgan fingerprint density at radius 2 is 1.67 bits per heavy atom. The molecule has 0 bridgehead atoms. The van der Waals surface area contributed by atoms with Crippen molar-refractivity contribution < 1.29 is 14.7 Å². The van der Waals surface area contributed by atoms with Gasteiger partial charge in [-0.1, -0.05) is 34.6 Å². The van der Waals surface area contributed by atoms with Gasteiger partial charge in [0, 0.05) is 12.6 Å². The first-order valence-corrected chi connectivity index (χ1v) is 6.49. The quantitative estimate of drug-likeness (QED) is 0.612. The average Bonchev–Trinajstić information content (AvgIpc) is 2.22. The second kappa shape index (κ2) is 8.08. The van der Waals surface area contributed by atoms with Crippen LogP contribution in [0.4, 0.5) is 0 Å². The van der Waals surface area contributed by atoms with Gasteiger partial charge in [-0.2, -0.15) is 0 Å². The van der Waals surface area contributed by atoms with Gasteiger partial charge >= 0.3 is 5.97 Å². The lowest BCUT2D eigenvalue weighted by atomic mass is 9.98. The molecule has 0 saturated heterocycles. The number of carbonyl (C=O) groups excluding carboxylic acids is 1. The van der Waals surface area contributed by atoms with Gasteiger partial charge in [-0.15, -0.1) is 0 Å². The van der Waals surface area contributed by atoms with Gasteiger partial charge in [-0.05, 0) is 11.8 Å². The minimum atomic E-state index is -0.972. The van der Waals surface area contributed by atoms with Crippen molar-refractivity contribution in [3.05, 3.63) is 0 Å². The number of rotatable bonds is 8. The number of hydrogen-bond acceptors (Lipinski definition) is 3. The van der Waals surface area contributed by atoms with Crippen LogP contribution in [0.3, 0.4) is 0 Å². The van der Waals surface area contributed by atoms with Crippen molar-refractivity contribution in [3.8, 4) is 0 Å². The Bertz CT molecular complexity index is 277. The van der Waals surface area contributed by atoms with E-state index in [2.05, 4.69) is 31.4 Å². The lowest BCUT2D eigenvalue weighted by Gasteiger charge is -2.21. The molecule has 106 valence electrons. The van der Waals surface area contributed by atoms with Crippen LogP contribution in [0.5, 0.6) is 0 Å². The molecule has 2 unspecified atom stereocenters. The maximum Gasteiger partial charge on any atom is 0.305 e. The molecular formula is C13H26N2O3. The predicted molar refractivity (Wildman–Crippen MR) is 71.3 cm³/mol. The van der Waals surface area contributed by atoms with Crippen LogP contribution in [0.2, 0.25) is 0 Å². The van der Waals surface area contributed by atoms with Gasteiger partial charge in [-0.25, -0.2) is 0 Å². The molecule has 0 rings (SSSR count). The number of carbonyl (C=O) groups is 2. The molecule has 0 aromatic carbocycles. The van der Waals surface area contributed by atoms with Gasteiger partial charge < -0.3 is 15.7 Å². The van der Waals surface area contributed by atoms with Crippen molar-refractivity contribution >= 4 is 11.9 Å². The summed E-state index contributed by atoms with van der Waals surface area (Å²) < 4.78 is 0. The summed E-state index contributed by atoms with van der Waals surface area (Å²) in [6.07, 6.45) is -0.194. The van der Waals surface area contributed by atoms with E-state index < -0.39 is 12.0 Å². The fourth-order valence-corrected chi connectivity index (χ4v) is 1.42. The SMILES string of the molecule is CC(C)NC(CC(=O)O)C(=O)NCC(C)C(C)C. The molecule has 0 aromatic heterocycles. The fraction of sp³-hybridized carbons (Fsp3) is 0.846. The van der Waals surface area contributed by atoms with Crippen LogP contribution >= 0.6 is 0 Å². The lowest BCUT2D eigenvalue weighted by molar-refractivity contribution is -0.140. The first-order chi connectivity index (χ1) is 8.23. The third-order valence-corrected chi connectivity index (χ3v) is 2.97. The number of amides is 1. The molecule has 0 heterocycles. The smallest absolute Gasteiger partial charge is 0.305 e. The average molecular weight is 258 g/mol. The predicted octanol–water partition coefficient (Wildman–Crippen LogP) is 1.24. The zero-order valence-electron chi connectivity index (χ0n) is 12.0. The van der Waals surface area contributed by atoms with Crippen molar-refractivity contribution in [1.82, 2.24) is 10.6 Å². The molecule has 0 radical (unpaired) electrons. The van der Waals surface area contributed by atoms with Crippen LogP contribution in [-0.4, -0.2) is 35.6 Å². The van der Waals surface area contributed by atoms with Gasteiger partial charge in [0.1, 0.15) is 0 Å². The van der Waals surface area contributed by atoms with Gasteiger partial charge in [0.25, 0.3) is 0 Å². The van der Waals surface area contributed by atoms with Gasteiger partial charge in [0.2, 0.25) is 5.91 Å². The molecule has 5 heteroatoms. The minimum absolute atomic E-state index is 0.0719. The van der Waals surface area contributed by atoms with Crippen LogP contribution in [-0.2, 0) is 9.59 Å². The Labute approximate surface area is 109 Å². The van der Waals surface area contributed by atoms with Crippen LogP contribution in [0.1, 0.15) is 41.0 Å². The summed E-state index contributed by atoms with van der Waals surface area (Å²) in [5, 5.41) is 14.6. The summed E-state index contributed by atoms with van der Waals surface area (Å²) in [7, 11) is 0. The van der Waals surface area contributed by atoms with Crippen molar-refractivity contribution in [2.75, 3.05) is 6.54 Å². The van der Waals surface area contributed by atoms with E-state index in [-0.39, 0.29) is 18.4 Å². The summed E-state index contributed by atoms with van der Waals surface area (Å²) in [4.78, 5) is 22.6. The summed E-state index contributed by atoms with van der Waals surface area (Å²) in [6.45, 7) is 10.6. The first kappa shape index (κ1) is 16.9. The molecule has 0 spiro atoms. The normalized spacial score (nSPS) is 14.6. The zero-order valence-corrected chi connectivity index (χ0v) is 12.0. The van der Waals surface area contributed by atoms with Crippen molar-refractivity contribution in [2.24, 2.45) is 11.8 Å². The maximum absolute atomic E-state index is 11.9. The fourth-order valence-electron chi connectivity index (χ4n) is 1.42. The molecule has 0 aliphatic carbocycles. The maximum atomic E-state index is 11.9. The minimum Gasteiger partial charge on any atom is -0.481 e. The molecule has 5 nitrogen and oxygen atoms in total. The third kappa shape index (κ3) is 7.27. The summed E-state index contributed by atoms with van der Waals surface area (Å²) in [5.74, 6) is -0.349. The Balaban J connectivity index is 4.33. The first-order valence-electron chi connectivity index (χ1n) is 6.49. The van der Waals surface area contributed by atoms with E-state index in [0.29, 0.717) is 18.4 Å². The van der Waals surface area contributed by atoms with Crippen LogP contribution in [0.15, 0.2) is 0 Å². The Morgan fingerprint density at radius 3 is 2.06 bits per heavy atom. The van der Waals surface area contributed by atoms with Crippen molar-refractivity contribution in [1.29, 1.82) is 0 Å². The van der Waals surface area contributed by atoms with Gasteiger partial charge in [0.15, 0.2) is 0 Å². The zero-order chi connectivity index (χ0) is 14.3. The van der Waals surface area contributed by atoms with Crippen molar-refractivity contribution in [2.45, 2.75) is 53.1 Å². The van der Waals surface area contributed by atoms with E-state index in [1.54, 1.807) is 0 Å². The molecular weight excluding hydrogens is 232 g/mol. The molecule has 3 N–H and O–H groups in total. The third-order valence-electron chi connectivity index (χ3n) is 2.97. The number of carboxylic acid groups (broad SMARTS) is 1. The van der Waals surface area contributed by atoms with Crippen LogP contribution in [0, 0.1) is 11.8 Å². The van der Waals surface area contributed by atoms with E-state index in [1.165, 1.54) is 0 Å². The van der Waals surface area contributed by atoms with E-state index >= 15 is 0 Å². The second-order valence-corrected chi connectivity index (χ2v) is 5.44. The Hall–Kier alpha value is -1.10. The Kier molecular flexibility index (Phi) is 7.59. The largest absolute Gasteiger partial charge is 0.481 e. The summed E-state index contributed by atoms with van der Waals surface area (Å²) >= 11 is 0. The highest BCUT2D eigenvalue weighted by atomic mass is 16.4. The Morgan fingerprint density at radius 1 is 1.11 bits per heavy atom. The standard InChI is InChI=1S/C13H26N2O3/c1-8(2)10(5)7-14-13(18)11(6-12(16)17)15-9(3)4/h8-11,15H,6-7H2,1-5H3,(H,14,18)(H,16,17). The molecule has 0 aromatic rings. The summed E-state index contributed by atoms with van der Waals surface area (Å²) in [5.41, 5.74) is 0. The molecule has 2 atom stereocenters. The lowest BCUT2D eigenvalue weighted by Crippen LogP contribution is -2.48. The molecule has 0 aliphatic heterocycles. The number of nitrogens with one attached hydrogen (secondary N) is 2.